The van der Waals surface area contributed by atoms with Crippen LogP contribution in [0.3, 0.4) is 0 Å². The van der Waals surface area contributed by atoms with Gasteiger partial charge in [-0.3, -0.25) is 14.4 Å². The highest BCUT2D eigenvalue weighted by molar-refractivity contribution is 6.00. The zero-order valence-electron chi connectivity index (χ0n) is 17.1. The first kappa shape index (κ1) is 20.6. The minimum Gasteiger partial charge on any atom is -0.455 e. The van der Waals surface area contributed by atoms with Crippen molar-refractivity contribution in [1.82, 2.24) is 4.90 Å². The molecule has 1 saturated heterocycles. The van der Waals surface area contributed by atoms with Gasteiger partial charge in [0.15, 0.2) is 6.61 Å². The van der Waals surface area contributed by atoms with Gasteiger partial charge >= 0.3 is 5.97 Å². The summed E-state index contributed by atoms with van der Waals surface area (Å²) >= 11 is 0. The Kier molecular flexibility index (Phi) is 6.32. The first-order chi connectivity index (χ1) is 13.9. The summed E-state index contributed by atoms with van der Waals surface area (Å²) in [6.07, 6.45) is 0.0975. The van der Waals surface area contributed by atoms with Crippen molar-refractivity contribution in [3.05, 3.63) is 65.2 Å². The van der Waals surface area contributed by atoms with E-state index in [0.29, 0.717) is 6.54 Å². The van der Waals surface area contributed by atoms with Crippen LogP contribution in [-0.4, -0.2) is 42.9 Å². The van der Waals surface area contributed by atoms with E-state index in [1.165, 1.54) is 4.90 Å². The predicted molar refractivity (Wildman–Crippen MR) is 110 cm³/mol. The second kappa shape index (κ2) is 8.90. The lowest BCUT2D eigenvalue weighted by Crippen LogP contribution is -2.32. The lowest BCUT2D eigenvalue weighted by Gasteiger charge is -2.20. The van der Waals surface area contributed by atoms with Gasteiger partial charge in [-0.1, -0.05) is 42.5 Å². The van der Waals surface area contributed by atoms with Gasteiger partial charge < -0.3 is 14.5 Å². The molecule has 2 aromatic rings. The van der Waals surface area contributed by atoms with Gasteiger partial charge in [0, 0.05) is 32.2 Å². The molecular weight excluding hydrogens is 368 g/mol. The van der Waals surface area contributed by atoms with Crippen LogP contribution in [0.25, 0.3) is 0 Å². The van der Waals surface area contributed by atoms with Gasteiger partial charge in [0.25, 0.3) is 5.91 Å². The van der Waals surface area contributed by atoms with Crippen molar-refractivity contribution < 1.29 is 19.1 Å². The van der Waals surface area contributed by atoms with Crippen LogP contribution in [0.2, 0.25) is 0 Å². The Labute approximate surface area is 171 Å². The van der Waals surface area contributed by atoms with E-state index in [1.54, 1.807) is 11.9 Å². The van der Waals surface area contributed by atoms with E-state index in [2.05, 4.69) is 0 Å². The monoisotopic (exact) mass is 394 g/mol. The largest absolute Gasteiger partial charge is 0.455 e. The van der Waals surface area contributed by atoms with Crippen LogP contribution in [0, 0.1) is 19.8 Å². The van der Waals surface area contributed by atoms with E-state index in [-0.39, 0.29) is 31.4 Å². The number of hydrogen-bond donors (Lipinski definition) is 0. The average Bonchev–Trinajstić information content (AvgIpc) is 3.10. The van der Waals surface area contributed by atoms with Crippen molar-refractivity contribution in [2.45, 2.75) is 26.8 Å². The van der Waals surface area contributed by atoms with Gasteiger partial charge in [-0.25, -0.2) is 0 Å². The number of anilines is 1. The van der Waals surface area contributed by atoms with Gasteiger partial charge in [0.2, 0.25) is 5.91 Å². The molecule has 0 N–H and O–H groups in total. The van der Waals surface area contributed by atoms with Crippen LogP contribution < -0.4 is 4.90 Å². The zero-order chi connectivity index (χ0) is 21.0. The Hall–Kier alpha value is -3.15. The summed E-state index contributed by atoms with van der Waals surface area (Å²) in [5, 5.41) is 0. The number of amides is 2. The van der Waals surface area contributed by atoms with Gasteiger partial charge in [-0.2, -0.15) is 0 Å². The molecule has 1 fully saturated rings. The molecule has 2 amide bonds. The zero-order valence-corrected chi connectivity index (χ0v) is 17.1. The number of rotatable bonds is 6. The molecule has 3 rings (SSSR count). The summed E-state index contributed by atoms with van der Waals surface area (Å²) in [6, 6.07) is 15.4. The molecule has 1 heterocycles. The highest BCUT2D eigenvalue weighted by Crippen LogP contribution is 2.29. The fourth-order valence-corrected chi connectivity index (χ4v) is 3.43. The van der Waals surface area contributed by atoms with Crippen LogP contribution >= 0.6 is 0 Å². The summed E-state index contributed by atoms with van der Waals surface area (Å²) in [7, 11) is 1.67. The molecule has 0 unspecified atom stereocenters. The highest BCUT2D eigenvalue weighted by Gasteiger charge is 2.37. The van der Waals surface area contributed by atoms with Gasteiger partial charge in [0.05, 0.1) is 5.92 Å². The van der Waals surface area contributed by atoms with Crippen LogP contribution in [0.1, 0.15) is 23.1 Å². The summed E-state index contributed by atoms with van der Waals surface area (Å²) in [6.45, 7) is 4.35. The number of benzene rings is 2. The molecule has 6 nitrogen and oxygen atoms in total. The molecule has 1 atom stereocenters. The molecule has 0 aliphatic carbocycles. The lowest BCUT2D eigenvalue weighted by molar-refractivity contribution is -0.155. The Balaban J connectivity index is 1.54. The smallest absolute Gasteiger partial charge is 0.311 e. The minimum atomic E-state index is -0.561. The molecule has 6 heteroatoms. The van der Waals surface area contributed by atoms with Crippen molar-refractivity contribution in [2.75, 3.05) is 25.1 Å². The first-order valence-electron chi connectivity index (χ1n) is 9.68. The standard InChI is InChI=1S/C23H26N2O4/c1-16-8-7-11-20(17(16)2)25-14-19(12-21(25)26)23(28)29-15-22(27)24(3)13-18-9-5-4-6-10-18/h4-11,19H,12-15H2,1-3H3/t19-/m0/s1. The highest BCUT2D eigenvalue weighted by atomic mass is 16.5. The molecule has 2 aromatic carbocycles. The van der Waals surface area contributed by atoms with E-state index in [9.17, 15) is 14.4 Å². The summed E-state index contributed by atoms with van der Waals surface area (Å²) in [4.78, 5) is 40.3. The van der Waals surface area contributed by atoms with Crippen molar-refractivity contribution in [2.24, 2.45) is 5.92 Å². The number of esters is 1. The molecular formula is C23H26N2O4. The summed E-state index contributed by atoms with van der Waals surface area (Å²) < 4.78 is 5.22. The Bertz CT molecular complexity index is 910. The number of ether oxygens (including phenoxy) is 1. The third kappa shape index (κ3) is 4.83. The van der Waals surface area contributed by atoms with Crippen LogP contribution in [0.5, 0.6) is 0 Å². The fourth-order valence-electron chi connectivity index (χ4n) is 3.43. The number of hydrogen-bond acceptors (Lipinski definition) is 4. The third-order valence-corrected chi connectivity index (χ3v) is 5.35. The molecule has 0 spiro atoms. The maximum absolute atomic E-state index is 12.4. The van der Waals surface area contributed by atoms with E-state index >= 15 is 0 Å². The molecule has 0 radical (unpaired) electrons. The third-order valence-electron chi connectivity index (χ3n) is 5.35. The molecule has 152 valence electrons. The molecule has 1 aliphatic rings. The molecule has 29 heavy (non-hydrogen) atoms. The van der Waals surface area contributed by atoms with E-state index in [4.69, 9.17) is 4.74 Å². The quantitative estimate of drug-likeness (QED) is 0.707. The molecule has 0 saturated carbocycles. The van der Waals surface area contributed by atoms with Gasteiger partial charge in [0.1, 0.15) is 0 Å². The van der Waals surface area contributed by atoms with Gasteiger partial charge in [-0.15, -0.1) is 0 Å². The van der Waals surface area contributed by atoms with Crippen molar-refractivity contribution in [3.63, 3.8) is 0 Å². The van der Waals surface area contributed by atoms with Crippen LogP contribution in [0.15, 0.2) is 48.5 Å². The predicted octanol–water partition coefficient (Wildman–Crippen LogP) is 2.86. The number of likely N-dealkylation sites (N-methyl/N-ethyl adjacent to an activating group) is 1. The second-order valence-electron chi connectivity index (χ2n) is 7.47. The number of aryl methyl sites for hydroxylation is 1. The maximum atomic E-state index is 12.4. The Morgan fingerprint density at radius 3 is 2.55 bits per heavy atom. The molecule has 0 aromatic heterocycles. The minimum absolute atomic E-state index is 0.0975. The van der Waals surface area contributed by atoms with Crippen molar-refractivity contribution in [1.29, 1.82) is 0 Å². The van der Waals surface area contributed by atoms with E-state index in [1.807, 2.05) is 62.4 Å². The molecule has 0 bridgehead atoms. The summed E-state index contributed by atoms with van der Waals surface area (Å²) in [5.41, 5.74) is 3.94. The second-order valence-corrected chi connectivity index (χ2v) is 7.47. The average molecular weight is 394 g/mol. The number of carbonyl (C=O) groups is 3. The normalized spacial score (nSPS) is 16.0. The first-order valence-corrected chi connectivity index (χ1v) is 9.68. The van der Waals surface area contributed by atoms with Crippen molar-refractivity contribution >= 4 is 23.5 Å². The van der Waals surface area contributed by atoms with Crippen molar-refractivity contribution in [3.8, 4) is 0 Å². The molecule has 1 aliphatic heterocycles. The maximum Gasteiger partial charge on any atom is 0.311 e. The van der Waals surface area contributed by atoms with E-state index in [0.717, 1.165) is 22.4 Å². The topological polar surface area (TPSA) is 66.9 Å². The lowest BCUT2D eigenvalue weighted by atomic mass is 10.1. The van der Waals surface area contributed by atoms with E-state index < -0.39 is 11.9 Å². The van der Waals surface area contributed by atoms with Gasteiger partial charge in [-0.05, 0) is 36.6 Å². The Morgan fingerprint density at radius 1 is 1.10 bits per heavy atom. The Morgan fingerprint density at radius 2 is 1.83 bits per heavy atom. The SMILES string of the molecule is Cc1cccc(N2C[C@@H](C(=O)OCC(=O)N(C)Cc3ccccc3)CC2=O)c1C. The fraction of sp³-hybridized carbons (Fsp3) is 0.348. The van der Waals surface area contributed by atoms with Crippen LogP contribution in [0.4, 0.5) is 5.69 Å². The number of carbonyl (C=O) groups excluding carboxylic acids is 3. The number of nitrogens with zero attached hydrogens (tertiary/aromatic N) is 2. The summed E-state index contributed by atoms with van der Waals surface area (Å²) in [5.74, 6) is -1.45. The van der Waals surface area contributed by atoms with Crippen LogP contribution in [-0.2, 0) is 25.7 Å².